The number of unbranched alkanes of at least 4 members (excludes halogenated alkanes) is 1. The number of aromatic nitrogens is 1. The molecule has 0 saturated heterocycles. The zero-order valence-electron chi connectivity index (χ0n) is 15.4. The third-order valence-electron chi connectivity index (χ3n) is 4.07. The fourth-order valence-electron chi connectivity index (χ4n) is 2.60. The maximum atomic E-state index is 11.7. The smallest absolute Gasteiger partial charge is 0.225 e. The standard InChI is InChI=1S/C20H28N4O/c1-4-7-8-20(25)23-19-14-11-17(15-21-19)22-16-9-12-18(13-10-16)24(5-2)6-3/h9-15,22H,4-8H2,1-3H3,(H,21,23,25). The molecule has 1 heterocycles. The Hall–Kier alpha value is -2.56. The Bertz CT molecular complexity index is 648. The largest absolute Gasteiger partial charge is 0.372 e. The van der Waals surface area contributed by atoms with Crippen molar-refractivity contribution in [3.63, 3.8) is 0 Å². The summed E-state index contributed by atoms with van der Waals surface area (Å²) in [5.41, 5.74) is 3.12. The van der Waals surface area contributed by atoms with Gasteiger partial charge in [0.2, 0.25) is 5.91 Å². The van der Waals surface area contributed by atoms with Gasteiger partial charge < -0.3 is 15.5 Å². The van der Waals surface area contributed by atoms with Crippen LogP contribution in [0.4, 0.5) is 22.9 Å². The molecule has 2 N–H and O–H groups in total. The highest BCUT2D eigenvalue weighted by Crippen LogP contribution is 2.21. The average Bonchev–Trinajstić information content (AvgIpc) is 2.64. The number of rotatable bonds is 9. The van der Waals surface area contributed by atoms with E-state index in [-0.39, 0.29) is 5.91 Å². The first kappa shape index (κ1) is 18.8. The summed E-state index contributed by atoms with van der Waals surface area (Å²) in [5, 5.41) is 6.14. The van der Waals surface area contributed by atoms with Crippen molar-refractivity contribution in [1.29, 1.82) is 0 Å². The molecule has 1 aromatic carbocycles. The van der Waals surface area contributed by atoms with E-state index in [1.165, 1.54) is 5.69 Å². The topological polar surface area (TPSA) is 57.3 Å². The minimum absolute atomic E-state index is 0.0158. The maximum absolute atomic E-state index is 11.7. The molecule has 0 aliphatic heterocycles. The van der Waals surface area contributed by atoms with E-state index >= 15 is 0 Å². The molecule has 2 aromatic rings. The summed E-state index contributed by atoms with van der Waals surface area (Å²) in [4.78, 5) is 18.3. The van der Waals surface area contributed by atoms with Gasteiger partial charge in [0.25, 0.3) is 0 Å². The lowest BCUT2D eigenvalue weighted by Gasteiger charge is -2.21. The lowest BCUT2D eigenvalue weighted by atomic mass is 10.2. The van der Waals surface area contributed by atoms with Crippen molar-refractivity contribution in [3.05, 3.63) is 42.6 Å². The molecule has 0 bridgehead atoms. The van der Waals surface area contributed by atoms with Crippen LogP contribution in [0, 0.1) is 0 Å². The van der Waals surface area contributed by atoms with Crippen LogP contribution in [0.15, 0.2) is 42.6 Å². The maximum Gasteiger partial charge on any atom is 0.225 e. The first-order chi connectivity index (χ1) is 12.2. The SMILES string of the molecule is CCCCC(=O)Nc1ccc(Nc2ccc(N(CC)CC)cc2)cn1. The zero-order valence-corrected chi connectivity index (χ0v) is 15.4. The van der Waals surface area contributed by atoms with Crippen LogP contribution >= 0.6 is 0 Å². The third kappa shape index (κ3) is 5.78. The number of amides is 1. The molecule has 0 aliphatic rings. The Morgan fingerprint density at radius 3 is 2.24 bits per heavy atom. The molecular weight excluding hydrogens is 312 g/mol. The van der Waals surface area contributed by atoms with Crippen LogP contribution in [0.2, 0.25) is 0 Å². The summed E-state index contributed by atoms with van der Waals surface area (Å²) in [6.45, 7) is 8.38. The molecule has 0 fully saturated rings. The Morgan fingerprint density at radius 1 is 1.00 bits per heavy atom. The molecule has 0 aliphatic carbocycles. The summed E-state index contributed by atoms with van der Waals surface area (Å²) in [6, 6.07) is 12.1. The van der Waals surface area contributed by atoms with E-state index in [1.807, 2.05) is 12.1 Å². The number of carbonyl (C=O) groups excluding carboxylic acids is 1. The predicted octanol–water partition coefficient (Wildman–Crippen LogP) is 4.80. The quantitative estimate of drug-likeness (QED) is 0.688. The first-order valence-corrected chi connectivity index (χ1v) is 9.04. The third-order valence-corrected chi connectivity index (χ3v) is 4.07. The van der Waals surface area contributed by atoms with Crippen molar-refractivity contribution >= 4 is 28.8 Å². The monoisotopic (exact) mass is 340 g/mol. The van der Waals surface area contributed by atoms with Crippen molar-refractivity contribution in [3.8, 4) is 0 Å². The number of hydrogen-bond donors (Lipinski definition) is 2. The summed E-state index contributed by atoms with van der Waals surface area (Å²) < 4.78 is 0. The molecule has 0 radical (unpaired) electrons. The molecule has 0 atom stereocenters. The summed E-state index contributed by atoms with van der Waals surface area (Å²) >= 11 is 0. The molecule has 134 valence electrons. The number of carbonyl (C=O) groups is 1. The lowest BCUT2D eigenvalue weighted by molar-refractivity contribution is -0.116. The van der Waals surface area contributed by atoms with Gasteiger partial charge in [-0.05, 0) is 56.7 Å². The van der Waals surface area contributed by atoms with Crippen molar-refractivity contribution in [2.45, 2.75) is 40.0 Å². The molecule has 5 nitrogen and oxygen atoms in total. The Balaban J connectivity index is 1.93. The Kier molecular flexibility index (Phi) is 7.26. The van der Waals surface area contributed by atoms with Gasteiger partial charge in [-0.15, -0.1) is 0 Å². The number of anilines is 4. The lowest BCUT2D eigenvalue weighted by Crippen LogP contribution is -2.21. The molecule has 0 spiro atoms. The van der Waals surface area contributed by atoms with Gasteiger partial charge >= 0.3 is 0 Å². The van der Waals surface area contributed by atoms with Crippen LogP contribution in [0.3, 0.4) is 0 Å². The second kappa shape index (κ2) is 9.67. The van der Waals surface area contributed by atoms with Crippen molar-refractivity contribution < 1.29 is 4.79 Å². The summed E-state index contributed by atoms with van der Waals surface area (Å²) in [7, 11) is 0. The van der Waals surface area contributed by atoms with Crippen LogP contribution in [0.1, 0.15) is 40.0 Å². The minimum Gasteiger partial charge on any atom is -0.372 e. The highest BCUT2D eigenvalue weighted by atomic mass is 16.1. The van der Waals surface area contributed by atoms with E-state index < -0.39 is 0 Å². The van der Waals surface area contributed by atoms with Crippen molar-refractivity contribution in [1.82, 2.24) is 4.98 Å². The van der Waals surface area contributed by atoms with Gasteiger partial charge in [-0.25, -0.2) is 4.98 Å². The van der Waals surface area contributed by atoms with E-state index in [0.29, 0.717) is 12.2 Å². The molecule has 1 aromatic heterocycles. The number of nitrogens with zero attached hydrogens (tertiary/aromatic N) is 2. The van der Waals surface area contributed by atoms with E-state index in [2.05, 4.69) is 65.6 Å². The molecule has 0 unspecified atom stereocenters. The average molecular weight is 340 g/mol. The molecule has 5 heteroatoms. The van der Waals surface area contributed by atoms with Crippen LogP contribution < -0.4 is 15.5 Å². The Morgan fingerprint density at radius 2 is 1.68 bits per heavy atom. The molecule has 1 amide bonds. The van der Waals surface area contributed by atoms with Gasteiger partial charge in [0.1, 0.15) is 5.82 Å². The molecule has 0 saturated carbocycles. The van der Waals surface area contributed by atoms with E-state index in [1.54, 1.807) is 6.20 Å². The highest BCUT2D eigenvalue weighted by Gasteiger charge is 2.04. The van der Waals surface area contributed by atoms with E-state index in [9.17, 15) is 4.79 Å². The summed E-state index contributed by atoms with van der Waals surface area (Å²) in [5.74, 6) is 0.602. The second-order valence-corrected chi connectivity index (χ2v) is 5.93. The fraction of sp³-hybridized carbons (Fsp3) is 0.400. The molecule has 25 heavy (non-hydrogen) atoms. The van der Waals surface area contributed by atoms with E-state index in [4.69, 9.17) is 0 Å². The van der Waals surface area contributed by atoms with E-state index in [0.717, 1.165) is 37.3 Å². The van der Waals surface area contributed by atoms with Gasteiger partial charge in [-0.1, -0.05) is 13.3 Å². The van der Waals surface area contributed by atoms with Crippen LogP contribution in [0.5, 0.6) is 0 Å². The van der Waals surface area contributed by atoms with Crippen molar-refractivity contribution in [2.24, 2.45) is 0 Å². The number of benzene rings is 1. The molecule has 2 rings (SSSR count). The van der Waals surface area contributed by atoms with Gasteiger partial charge in [0.15, 0.2) is 0 Å². The summed E-state index contributed by atoms with van der Waals surface area (Å²) in [6.07, 6.45) is 4.18. The number of pyridine rings is 1. The number of hydrogen-bond acceptors (Lipinski definition) is 4. The van der Waals surface area contributed by atoms with Crippen LogP contribution in [-0.4, -0.2) is 24.0 Å². The predicted molar refractivity (Wildman–Crippen MR) is 106 cm³/mol. The molecular formula is C20H28N4O. The second-order valence-electron chi connectivity index (χ2n) is 5.93. The van der Waals surface area contributed by atoms with Gasteiger partial charge in [0, 0.05) is 30.9 Å². The van der Waals surface area contributed by atoms with Gasteiger partial charge in [-0.2, -0.15) is 0 Å². The first-order valence-electron chi connectivity index (χ1n) is 9.04. The highest BCUT2D eigenvalue weighted by molar-refractivity contribution is 5.89. The fourth-order valence-corrected chi connectivity index (χ4v) is 2.60. The zero-order chi connectivity index (χ0) is 18.1. The van der Waals surface area contributed by atoms with Crippen LogP contribution in [-0.2, 0) is 4.79 Å². The number of nitrogens with one attached hydrogen (secondary N) is 2. The van der Waals surface area contributed by atoms with Gasteiger partial charge in [-0.3, -0.25) is 4.79 Å². The Labute approximate surface area is 150 Å². The van der Waals surface area contributed by atoms with Crippen molar-refractivity contribution in [2.75, 3.05) is 28.6 Å². The van der Waals surface area contributed by atoms with Gasteiger partial charge in [0.05, 0.1) is 11.9 Å². The minimum atomic E-state index is 0.0158. The van der Waals surface area contributed by atoms with Crippen LogP contribution in [0.25, 0.3) is 0 Å². The normalized spacial score (nSPS) is 10.4.